The average molecular weight is 383 g/mol. The van der Waals surface area contributed by atoms with E-state index >= 15 is 0 Å². The van der Waals surface area contributed by atoms with Crippen LogP contribution in [0.2, 0.25) is 0 Å². The van der Waals surface area contributed by atoms with Crippen molar-refractivity contribution >= 4 is 23.4 Å². The van der Waals surface area contributed by atoms with Crippen LogP contribution in [-0.4, -0.2) is 55.5 Å². The highest BCUT2D eigenvalue weighted by atomic mass is 16.5. The van der Waals surface area contributed by atoms with E-state index in [4.69, 9.17) is 15.2 Å². The van der Waals surface area contributed by atoms with Gasteiger partial charge in [-0.2, -0.15) is 0 Å². The van der Waals surface area contributed by atoms with E-state index in [-0.39, 0.29) is 18.4 Å². The Hall–Kier alpha value is -3.39. The van der Waals surface area contributed by atoms with Gasteiger partial charge in [0.1, 0.15) is 5.75 Å². The van der Waals surface area contributed by atoms with Crippen LogP contribution in [-0.2, 0) is 9.53 Å². The highest BCUT2D eigenvalue weighted by Gasteiger charge is 2.19. The largest absolute Gasteiger partial charge is 0.484 e. The number of primary amides is 1. The summed E-state index contributed by atoms with van der Waals surface area (Å²) >= 11 is 0. The lowest BCUT2D eigenvalue weighted by atomic mass is 10.1. The minimum atomic E-state index is -0.576. The number of carbonyl (C=O) groups is 3. The minimum Gasteiger partial charge on any atom is -0.484 e. The zero-order chi connectivity index (χ0) is 19.9. The number of nitrogens with one attached hydrogen (secondary N) is 1. The molecule has 146 valence electrons. The second kappa shape index (κ2) is 9.01. The second-order valence-electron chi connectivity index (χ2n) is 6.22. The summed E-state index contributed by atoms with van der Waals surface area (Å²) in [6, 6.07) is 13.1. The molecule has 2 aromatic carbocycles. The van der Waals surface area contributed by atoms with Crippen LogP contribution in [0.1, 0.15) is 20.7 Å². The predicted molar refractivity (Wildman–Crippen MR) is 102 cm³/mol. The molecule has 1 fully saturated rings. The number of hydrogen-bond donors (Lipinski definition) is 2. The van der Waals surface area contributed by atoms with Crippen molar-refractivity contribution in [1.82, 2.24) is 4.90 Å². The molecule has 0 atom stereocenters. The van der Waals surface area contributed by atoms with E-state index in [1.807, 2.05) is 0 Å². The third-order valence-corrected chi connectivity index (χ3v) is 4.16. The number of amides is 3. The van der Waals surface area contributed by atoms with E-state index in [0.29, 0.717) is 48.9 Å². The molecule has 28 heavy (non-hydrogen) atoms. The molecule has 0 radical (unpaired) electrons. The molecule has 3 amide bonds. The first-order valence-corrected chi connectivity index (χ1v) is 8.82. The van der Waals surface area contributed by atoms with Crippen molar-refractivity contribution in [3.05, 3.63) is 59.7 Å². The fraction of sp³-hybridized carbons (Fsp3) is 0.250. The Morgan fingerprint density at radius 2 is 1.75 bits per heavy atom. The summed E-state index contributed by atoms with van der Waals surface area (Å²) in [6.07, 6.45) is 0. The van der Waals surface area contributed by atoms with Crippen molar-refractivity contribution in [2.45, 2.75) is 0 Å². The third kappa shape index (κ3) is 5.08. The maximum absolute atomic E-state index is 12.6. The lowest BCUT2D eigenvalue weighted by molar-refractivity contribution is -0.119. The van der Waals surface area contributed by atoms with Gasteiger partial charge in [-0.05, 0) is 42.5 Å². The Morgan fingerprint density at radius 1 is 1.04 bits per heavy atom. The van der Waals surface area contributed by atoms with E-state index in [2.05, 4.69) is 5.32 Å². The lowest BCUT2D eigenvalue weighted by Gasteiger charge is -2.27. The normalized spacial score (nSPS) is 13.6. The number of carbonyl (C=O) groups excluding carboxylic acids is 3. The molecule has 8 nitrogen and oxygen atoms in total. The average Bonchev–Trinajstić information content (AvgIpc) is 2.73. The first-order valence-electron chi connectivity index (χ1n) is 8.82. The van der Waals surface area contributed by atoms with E-state index in [0.717, 1.165) is 0 Å². The van der Waals surface area contributed by atoms with Crippen molar-refractivity contribution in [2.75, 3.05) is 38.2 Å². The molecule has 1 saturated heterocycles. The number of rotatable bonds is 6. The molecule has 1 aliphatic heterocycles. The number of hydrogen-bond acceptors (Lipinski definition) is 5. The Morgan fingerprint density at radius 3 is 2.43 bits per heavy atom. The summed E-state index contributed by atoms with van der Waals surface area (Å²) < 4.78 is 10.4. The van der Waals surface area contributed by atoms with Gasteiger partial charge in [-0.3, -0.25) is 14.4 Å². The molecule has 0 aromatic heterocycles. The number of morpholine rings is 1. The fourth-order valence-corrected chi connectivity index (χ4v) is 2.74. The standard InChI is InChI=1S/C20H21N3O5/c21-18(24)13-28-17-6-4-14(5-7-17)19(25)22-16-3-1-2-15(12-16)20(26)23-8-10-27-11-9-23/h1-7,12H,8-11,13H2,(H2,21,24)(H,22,25). The molecule has 0 saturated carbocycles. The van der Waals surface area contributed by atoms with E-state index < -0.39 is 5.91 Å². The summed E-state index contributed by atoms with van der Waals surface area (Å²) in [5.41, 5.74) is 6.47. The SMILES string of the molecule is NC(=O)COc1ccc(C(=O)Nc2cccc(C(=O)N3CCOCC3)c2)cc1. The Bertz CT molecular complexity index is 860. The maximum atomic E-state index is 12.6. The van der Waals surface area contributed by atoms with Crippen molar-refractivity contribution in [3.8, 4) is 5.75 Å². The first-order chi connectivity index (χ1) is 13.5. The zero-order valence-corrected chi connectivity index (χ0v) is 15.2. The molecular formula is C20H21N3O5. The minimum absolute atomic E-state index is 0.0876. The monoisotopic (exact) mass is 383 g/mol. The van der Waals surface area contributed by atoms with Gasteiger partial charge in [0.15, 0.2) is 6.61 Å². The van der Waals surface area contributed by atoms with Gasteiger partial charge in [0.2, 0.25) is 0 Å². The van der Waals surface area contributed by atoms with E-state index in [9.17, 15) is 14.4 Å². The molecule has 8 heteroatoms. The van der Waals surface area contributed by atoms with Crippen LogP contribution in [0, 0.1) is 0 Å². The second-order valence-corrected chi connectivity index (χ2v) is 6.22. The van der Waals surface area contributed by atoms with Crippen molar-refractivity contribution in [3.63, 3.8) is 0 Å². The van der Waals surface area contributed by atoms with Gasteiger partial charge < -0.3 is 25.4 Å². The molecule has 0 unspecified atom stereocenters. The summed E-state index contributed by atoms with van der Waals surface area (Å²) in [6.45, 7) is 1.94. The predicted octanol–water partition coefficient (Wildman–Crippen LogP) is 1.28. The Kier molecular flexibility index (Phi) is 6.23. The van der Waals surface area contributed by atoms with Gasteiger partial charge in [0, 0.05) is 29.9 Å². The number of ether oxygens (including phenoxy) is 2. The molecule has 2 aromatic rings. The number of benzene rings is 2. The molecular weight excluding hydrogens is 362 g/mol. The number of nitrogens with zero attached hydrogens (tertiary/aromatic N) is 1. The van der Waals surface area contributed by atoms with Crippen LogP contribution < -0.4 is 15.8 Å². The summed E-state index contributed by atoms with van der Waals surface area (Å²) in [7, 11) is 0. The quantitative estimate of drug-likeness (QED) is 0.781. The van der Waals surface area contributed by atoms with Gasteiger partial charge in [0.05, 0.1) is 13.2 Å². The Labute approximate surface area is 162 Å². The van der Waals surface area contributed by atoms with Crippen LogP contribution in [0.15, 0.2) is 48.5 Å². The highest BCUT2D eigenvalue weighted by Crippen LogP contribution is 2.17. The van der Waals surface area contributed by atoms with Gasteiger partial charge in [-0.1, -0.05) is 6.07 Å². The van der Waals surface area contributed by atoms with Crippen LogP contribution in [0.5, 0.6) is 5.75 Å². The molecule has 0 bridgehead atoms. The third-order valence-electron chi connectivity index (χ3n) is 4.16. The van der Waals surface area contributed by atoms with E-state index in [1.165, 1.54) is 0 Å². The van der Waals surface area contributed by atoms with Gasteiger partial charge in [-0.15, -0.1) is 0 Å². The van der Waals surface area contributed by atoms with Crippen LogP contribution >= 0.6 is 0 Å². The Balaban J connectivity index is 1.63. The van der Waals surface area contributed by atoms with Crippen LogP contribution in [0.4, 0.5) is 5.69 Å². The number of anilines is 1. The van der Waals surface area contributed by atoms with Crippen LogP contribution in [0.25, 0.3) is 0 Å². The van der Waals surface area contributed by atoms with Crippen LogP contribution in [0.3, 0.4) is 0 Å². The van der Waals surface area contributed by atoms with Crippen molar-refractivity contribution in [2.24, 2.45) is 5.73 Å². The first kappa shape index (κ1) is 19.4. The molecule has 0 aliphatic carbocycles. The van der Waals surface area contributed by atoms with E-state index in [1.54, 1.807) is 53.4 Å². The maximum Gasteiger partial charge on any atom is 0.255 e. The molecule has 3 N–H and O–H groups in total. The fourth-order valence-electron chi connectivity index (χ4n) is 2.74. The molecule has 0 spiro atoms. The highest BCUT2D eigenvalue weighted by molar-refractivity contribution is 6.05. The topological polar surface area (TPSA) is 111 Å². The summed E-state index contributed by atoms with van der Waals surface area (Å²) in [5, 5.41) is 2.78. The van der Waals surface area contributed by atoms with Crippen molar-refractivity contribution in [1.29, 1.82) is 0 Å². The van der Waals surface area contributed by atoms with Crippen molar-refractivity contribution < 1.29 is 23.9 Å². The number of nitrogens with two attached hydrogens (primary N) is 1. The summed E-state index contributed by atoms with van der Waals surface area (Å²) in [5.74, 6) is -0.547. The molecule has 3 rings (SSSR count). The van der Waals surface area contributed by atoms with Gasteiger partial charge >= 0.3 is 0 Å². The van der Waals surface area contributed by atoms with Gasteiger partial charge in [0.25, 0.3) is 17.7 Å². The molecule has 1 aliphatic rings. The zero-order valence-electron chi connectivity index (χ0n) is 15.2. The van der Waals surface area contributed by atoms with Gasteiger partial charge in [-0.25, -0.2) is 0 Å². The smallest absolute Gasteiger partial charge is 0.255 e. The lowest BCUT2D eigenvalue weighted by Crippen LogP contribution is -2.40. The summed E-state index contributed by atoms with van der Waals surface area (Å²) in [4.78, 5) is 37.5. The molecule has 1 heterocycles.